The number of nitrogens with zero attached hydrogens (tertiary/aromatic N) is 1. The van der Waals surface area contributed by atoms with Crippen molar-refractivity contribution in [2.24, 2.45) is 0 Å². The molecule has 2 aromatic rings. The van der Waals surface area contributed by atoms with E-state index in [1.54, 1.807) is 6.07 Å². The summed E-state index contributed by atoms with van der Waals surface area (Å²) in [4.78, 5) is 13.3. The maximum absolute atomic E-state index is 11.2. The van der Waals surface area contributed by atoms with Gasteiger partial charge in [-0.1, -0.05) is 51.1 Å². The maximum Gasteiger partial charge on any atom is 0.308 e. The van der Waals surface area contributed by atoms with Gasteiger partial charge in [0, 0.05) is 19.9 Å². The SMILES string of the molecule is CC.CCc1cc(OC(C)=O)ccc1O[C@H](CCN(C)C)c1ccccc1. The van der Waals surface area contributed by atoms with Crippen LogP contribution in [0.15, 0.2) is 48.5 Å². The topological polar surface area (TPSA) is 38.8 Å². The minimum absolute atomic E-state index is 0.0199. The number of hydrogen-bond donors (Lipinski definition) is 0. The van der Waals surface area contributed by atoms with Crippen LogP contribution in [0.2, 0.25) is 0 Å². The monoisotopic (exact) mass is 371 g/mol. The maximum atomic E-state index is 11.2. The molecule has 0 amide bonds. The Morgan fingerprint density at radius 1 is 1.07 bits per heavy atom. The first-order valence-electron chi connectivity index (χ1n) is 9.67. The number of rotatable bonds is 8. The smallest absolute Gasteiger partial charge is 0.308 e. The lowest BCUT2D eigenvalue weighted by Gasteiger charge is -2.23. The Hall–Kier alpha value is -2.33. The Bertz CT molecular complexity index is 683. The van der Waals surface area contributed by atoms with Crippen LogP contribution < -0.4 is 9.47 Å². The third-order valence-corrected chi connectivity index (χ3v) is 3.95. The van der Waals surface area contributed by atoms with E-state index in [1.807, 2.05) is 44.2 Å². The van der Waals surface area contributed by atoms with Crippen molar-refractivity contribution in [2.75, 3.05) is 20.6 Å². The third kappa shape index (κ3) is 7.83. The summed E-state index contributed by atoms with van der Waals surface area (Å²) in [6.45, 7) is 8.41. The van der Waals surface area contributed by atoms with Gasteiger partial charge in [0.15, 0.2) is 0 Å². The molecule has 0 aromatic heterocycles. The third-order valence-electron chi connectivity index (χ3n) is 3.95. The molecule has 0 fully saturated rings. The normalized spacial score (nSPS) is 11.4. The van der Waals surface area contributed by atoms with Crippen LogP contribution in [0.25, 0.3) is 0 Å². The largest absolute Gasteiger partial charge is 0.485 e. The first kappa shape index (κ1) is 22.7. The van der Waals surface area contributed by atoms with E-state index in [-0.39, 0.29) is 12.1 Å². The zero-order valence-corrected chi connectivity index (χ0v) is 17.5. The van der Waals surface area contributed by atoms with Crippen molar-refractivity contribution in [3.05, 3.63) is 59.7 Å². The summed E-state index contributed by atoms with van der Waals surface area (Å²) in [6, 6.07) is 15.8. The highest BCUT2D eigenvalue weighted by atomic mass is 16.5. The zero-order chi connectivity index (χ0) is 20.2. The Morgan fingerprint density at radius 2 is 1.74 bits per heavy atom. The molecule has 0 N–H and O–H groups in total. The van der Waals surface area contributed by atoms with Gasteiger partial charge in [-0.25, -0.2) is 0 Å². The molecule has 27 heavy (non-hydrogen) atoms. The molecule has 1 atom stereocenters. The Balaban J connectivity index is 0.00000176. The molecule has 0 saturated carbocycles. The zero-order valence-electron chi connectivity index (χ0n) is 17.5. The standard InChI is InChI=1S/C21H27NO3.C2H6/c1-5-17-15-19(24-16(2)23)11-12-20(17)25-21(13-14-22(3)4)18-9-7-6-8-10-18;1-2/h6-12,15,21H,5,13-14H2,1-4H3;1-2H3/t21-;/m1./s1. The van der Waals surface area contributed by atoms with Gasteiger partial charge in [-0.2, -0.15) is 0 Å². The Labute approximate surface area is 164 Å². The van der Waals surface area contributed by atoms with Crippen LogP contribution in [0.5, 0.6) is 11.5 Å². The highest BCUT2D eigenvalue weighted by molar-refractivity contribution is 5.69. The molecule has 0 aliphatic carbocycles. The summed E-state index contributed by atoms with van der Waals surface area (Å²) >= 11 is 0. The molecule has 2 rings (SSSR count). The Kier molecular flexibility index (Phi) is 10.2. The van der Waals surface area contributed by atoms with Gasteiger partial charge < -0.3 is 14.4 Å². The van der Waals surface area contributed by atoms with Gasteiger partial charge in [0.1, 0.15) is 17.6 Å². The molecule has 0 saturated heterocycles. The highest BCUT2D eigenvalue weighted by Gasteiger charge is 2.16. The van der Waals surface area contributed by atoms with Gasteiger partial charge in [0.25, 0.3) is 0 Å². The van der Waals surface area contributed by atoms with Gasteiger partial charge in [-0.3, -0.25) is 4.79 Å². The van der Waals surface area contributed by atoms with Crippen LogP contribution in [0.3, 0.4) is 0 Å². The molecule has 0 heterocycles. The van der Waals surface area contributed by atoms with E-state index >= 15 is 0 Å². The second-order valence-electron chi connectivity index (χ2n) is 6.33. The van der Waals surface area contributed by atoms with Gasteiger partial charge in [0.2, 0.25) is 0 Å². The summed E-state index contributed by atoms with van der Waals surface area (Å²) in [7, 11) is 4.13. The molecular weight excluding hydrogens is 338 g/mol. The minimum atomic E-state index is -0.316. The average Bonchev–Trinajstić information content (AvgIpc) is 2.67. The summed E-state index contributed by atoms with van der Waals surface area (Å²) in [5, 5.41) is 0. The number of carbonyl (C=O) groups is 1. The number of esters is 1. The molecule has 0 aliphatic rings. The predicted molar refractivity (Wildman–Crippen MR) is 111 cm³/mol. The molecular formula is C23H33NO3. The van der Waals surface area contributed by atoms with Gasteiger partial charge in [-0.15, -0.1) is 0 Å². The van der Waals surface area contributed by atoms with Crippen molar-refractivity contribution in [1.82, 2.24) is 4.90 Å². The predicted octanol–water partition coefficient (Wildman–Crippen LogP) is 5.27. The minimum Gasteiger partial charge on any atom is -0.485 e. The van der Waals surface area contributed by atoms with E-state index in [4.69, 9.17) is 9.47 Å². The number of hydrogen-bond acceptors (Lipinski definition) is 4. The van der Waals surface area contributed by atoms with Crippen LogP contribution in [0.4, 0.5) is 0 Å². The highest BCUT2D eigenvalue weighted by Crippen LogP contribution is 2.30. The number of carbonyl (C=O) groups excluding carboxylic acids is 1. The molecule has 4 nitrogen and oxygen atoms in total. The van der Waals surface area contributed by atoms with Crippen molar-refractivity contribution in [2.45, 2.75) is 46.6 Å². The molecule has 4 heteroatoms. The molecule has 0 bridgehead atoms. The van der Waals surface area contributed by atoms with Crippen LogP contribution in [-0.4, -0.2) is 31.5 Å². The summed E-state index contributed by atoms with van der Waals surface area (Å²) < 4.78 is 11.5. The fraction of sp³-hybridized carbons (Fsp3) is 0.435. The fourth-order valence-electron chi connectivity index (χ4n) is 2.67. The molecule has 0 spiro atoms. The molecule has 2 aromatic carbocycles. The number of benzene rings is 2. The van der Waals surface area contributed by atoms with Crippen molar-refractivity contribution in [3.63, 3.8) is 0 Å². The van der Waals surface area contributed by atoms with Crippen molar-refractivity contribution in [1.29, 1.82) is 0 Å². The molecule has 148 valence electrons. The number of ether oxygens (including phenoxy) is 2. The fourth-order valence-corrected chi connectivity index (χ4v) is 2.67. The molecule has 0 radical (unpaired) electrons. The lowest BCUT2D eigenvalue weighted by Crippen LogP contribution is -2.19. The summed E-state index contributed by atoms with van der Waals surface area (Å²) in [6.07, 6.45) is 1.68. The van der Waals surface area contributed by atoms with Gasteiger partial charge >= 0.3 is 5.97 Å². The summed E-state index contributed by atoms with van der Waals surface area (Å²) in [5.41, 5.74) is 2.19. The van der Waals surface area contributed by atoms with Crippen LogP contribution in [0.1, 0.15) is 51.3 Å². The molecule has 0 aliphatic heterocycles. The van der Waals surface area contributed by atoms with E-state index in [2.05, 4.69) is 38.1 Å². The average molecular weight is 372 g/mol. The van der Waals surface area contributed by atoms with E-state index < -0.39 is 0 Å². The Morgan fingerprint density at radius 3 is 2.30 bits per heavy atom. The van der Waals surface area contributed by atoms with Crippen LogP contribution in [0, 0.1) is 0 Å². The van der Waals surface area contributed by atoms with Gasteiger partial charge in [0.05, 0.1) is 0 Å². The first-order valence-corrected chi connectivity index (χ1v) is 9.67. The number of aryl methyl sites for hydroxylation is 1. The quantitative estimate of drug-likeness (QED) is 0.468. The first-order chi connectivity index (χ1) is 13.0. The van der Waals surface area contributed by atoms with Crippen LogP contribution in [-0.2, 0) is 11.2 Å². The van der Waals surface area contributed by atoms with E-state index in [9.17, 15) is 4.79 Å². The lowest BCUT2D eigenvalue weighted by molar-refractivity contribution is -0.131. The van der Waals surface area contributed by atoms with Crippen LogP contribution >= 0.6 is 0 Å². The van der Waals surface area contributed by atoms with E-state index in [1.165, 1.54) is 6.92 Å². The van der Waals surface area contributed by atoms with E-state index in [0.29, 0.717) is 5.75 Å². The van der Waals surface area contributed by atoms with Crippen molar-refractivity contribution < 1.29 is 14.3 Å². The van der Waals surface area contributed by atoms with Gasteiger partial charge in [-0.05, 0) is 49.8 Å². The second kappa shape index (κ2) is 12.1. The summed E-state index contributed by atoms with van der Waals surface area (Å²) in [5.74, 6) is 1.08. The van der Waals surface area contributed by atoms with Crippen molar-refractivity contribution >= 4 is 5.97 Å². The van der Waals surface area contributed by atoms with E-state index in [0.717, 1.165) is 36.3 Å². The second-order valence-corrected chi connectivity index (χ2v) is 6.33. The molecule has 0 unspecified atom stereocenters. The van der Waals surface area contributed by atoms with Crippen molar-refractivity contribution in [3.8, 4) is 11.5 Å². The lowest BCUT2D eigenvalue weighted by atomic mass is 10.1.